The lowest BCUT2D eigenvalue weighted by molar-refractivity contribution is 0.239. The van der Waals surface area contributed by atoms with Gasteiger partial charge >= 0.3 is 0 Å². The van der Waals surface area contributed by atoms with Gasteiger partial charge in [0, 0.05) is 24.0 Å². The molecule has 2 aromatic rings. The molecule has 0 bridgehead atoms. The molecule has 19 heavy (non-hydrogen) atoms. The van der Waals surface area contributed by atoms with Gasteiger partial charge < -0.3 is 9.84 Å². The quantitative estimate of drug-likeness (QED) is 0.929. The highest BCUT2D eigenvalue weighted by molar-refractivity contribution is 7.08. The van der Waals surface area contributed by atoms with Crippen molar-refractivity contribution in [1.29, 1.82) is 0 Å². The highest BCUT2D eigenvalue weighted by Gasteiger charge is 2.15. The molecule has 3 heterocycles. The maximum Gasteiger partial charge on any atom is 0.241 e. The summed E-state index contributed by atoms with van der Waals surface area (Å²) in [6, 6.07) is 0. The van der Waals surface area contributed by atoms with Crippen molar-refractivity contribution in [2.24, 2.45) is 0 Å². The Kier molecular flexibility index (Phi) is 3.91. The van der Waals surface area contributed by atoms with E-state index in [0.717, 1.165) is 38.3 Å². The van der Waals surface area contributed by atoms with Crippen LogP contribution in [0.2, 0.25) is 0 Å². The van der Waals surface area contributed by atoms with Gasteiger partial charge in [0.05, 0.1) is 6.54 Å². The third-order valence-electron chi connectivity index (χ3n) is 3.36. The Labute approximate surface area is 116 Å². The lowest BCUT2D eigenvalue weighted by Gasteiger charge is -2.16. The minimum atomic E-state index is 0.710. The highest BCUT2D eigenvalue weighted by Crippen LogP contribution is 2.24. The predicted octanol–water partition coefficient (Wildman–Crippen LogP) is 1.90. The van der Waals surface area contributed by atoms with Crippen molar-refractivity contribution in [3.8, 4) is 11.4 Å². The van der Waals surface area contributed by atoms with Crippen LogP contribution in [0, 0.1) is 6.92 Å². The fourth-order valence-corrected chi connectivity index (χ4v) is 3.10. The van der Waals surface area contributed by atoms with Crippen molar-refractivity contribution in [3.63, 3.8) is 0 Å². The predicted molar refractivity (Wildman–Crippen MR) is 75.1 cm³/mol. The Bertz CT molecular complexity index is 528. The van der Waals surface area contributed by atoms with Gasteiger partial charge in [0.15, 0.2) is 0 Å². The Balaban J connectivity index is 1.69. The minimum Gasteiger partial charge on any atom is -0.338 e. The zero-order valence-electron chi connectivity index (χ0n) is 11.1. The summed E-state index contributed by atoms with van der Waals surface area (Å²) in [7, 11) is 0. The summed E-state index contributed by atoms with van der Waals surface area (Å²) in [6.45, 7) is 7.07. The first-order valence-corrected chi connectivity index (χ1v) is 7.56. The van der Waals surface area contributed by atoms with E-state index in [1.807, 2.05) is 0 Å². The summed E-state index contributed by atoms with van der Waals surface area (Å²) in [4.78, 5) is 6.86. The van der Waals surface area contributed by atoms with Crippen molar-refractivity contribution >= 4 is 11.3 Å². The zero-order chi connectivity index (χ0) is 13.1. The average Bonchev–Trinajstić information content (AvgIpc) is 2.93. The fraction of sp³-hybridized carbons (Fsp3) is 0.538. The molecular weight excluding hydrogens is 260 g/mol. The summed E-state index contributed by atoms with van der Waals surface area (Å²) in [5.41, 5.74) is 2.29. The Hall–Kier alpha value is -1.24. The molecule has 1 fully saturated rings. The third-order valence-corrected chi connectivity index (χ3v) is 4.22. The van der Waals surface area contributed by atoms with E-state index < -0.39 is 0 Å². The van der Waals surface area contributed by atoms with Crippen molar-refractivity contribution in [3.05, 3.63) is 22.2 Å². The molecule has 0 unspecified atom stereocenters. The van der Waals surface area contributed by atoms with Crippen LogP contribution in [0.5, 0.6) is 0 Å². The smallest absolute Gasteiger partial charge is 0.241 e. The van der Waals surface area contributed by atoms with Gasteiger partial charge in [0.1, 0.15) is 0 Å². The molecule has 0 spiro atoms. The van der Waals surface area contributed by atoms with Gasteiger partial charge in [-0.2, -0.15) is 16.3 Å². The molecule has 0 saturated carbocycles. The monoisotopic (exact) mass is 278 g/mol. The van der Waals surface area contributed by atoms with Crippen LogP contribution in [0.4, 0.5) is 0 Å². The second kappa shape index (κ2) is 5.81. The van der Waals surface area contributed by atoms with Crippen LogP contribution in [-0.2, 0) is 6.54 Å². The van der Waals surface area contributed by atoms with Gasteiger partial charge in [-0.05, 0) is 37.4 Å². The van der Waals surface area contributed by atoms with Crippen LogP contribution < -0.4 is 5.32 Å². The van der Waals surface area contributed by atoms with Gasteiger partial charge in [0.2, 0.25) is 11.7 Å². The first-order chi connectivity index (χ1) is 9.33. The molecule has 0 atom stereocenters. The number of nitrogens with one attached hydrogen (secondary N) is 1. The Morgan fingerprint density at radius 3 is 3.16 bits per heavy atom. The second-order valence-electron chi connectivity index (χ2n) is 4.86. The topological polar surface area (TPSA) is 54.2 Å². The van der Waals surface area contributed by atoms with Crippen molar-refractivity contribution < 1.29 is 4.52 Å². The maximum absolute atomic E-state index is 5.37. The number of aryl methyl sites for hydroxylation is 1. The van der Waals surface area contributed by atoms with Crippen LogP contribution in [0.1, 0.15) is 17.9 Å². The number of hydrogen-bond acceptors (Lipinski definition) is 6. The SMILES string of the molecule is Cc1cscc1-c1noc(CN2CCCNCC2)n1. The zero-order valence-corrected chi connectivity index (χ0v) is 11.9. The van der Waals surface area contributed by atoms with Crippen LogP contribution >= 0.6 is 11.3 Å². The van der Waals surface area contributed by atoms with Gasteiger partial charge in [-0.25, -0.2) is 0 Å². The number of rotatable bonds is 3. The van der Waals surface area contributed by atoms with Crippen molar-refractivity contribution in [1.82, 2.24) is 20.4 Å². The van der Waals surface area contributed by atoms with E-state index in [9.17, 15) is 0 Å². The van der Waals surface area contributed by atoms with Crippen LogP contribution in [0.15, 0.2) is 15.3 Å². The summed E-state index contributed by atoms with van der Waals surface area (Å²) in [6.07, 6.45) is 1.17. The Morgan fingerprint density at radius 1 is 1.37 bits per heavy atom. The number of nitrogens with zero attached hydrogens (tertiary/aromatic N) is 3. The summed E-state index contributed by atoms with van der Waals surface area (Å²) < 4.78 is 5.37. The first-order valence-electron chi connectivity index (χ1n) is 6.62. The molecule has 0 aromatic carbocycles. The normalized spacial score (nSPS) is 17.5. The van der Waals surface area contributed by atoms with Gasteiger partial charge in [-0.15, -0.1) is 0 Å². The highest BCUT2D eigenvalue weighted by atomic mass is 32.1. The van der Waals surface area contributed by atoms with E-state index in [0.29, 0.717) is 11.7 Å². The molecule has 102 valence electrons. The molecule has 0 aliphatic carbocycles. The van der Waals surface area contributed by atoms with Crippen molar-refractivity contribution in [2.45, 2.75) is 19.9 Å². The number of hydrogen-bond donors (Lipinski definition) is 1. The van der Waals surface area contributed by atoms with E-state index in [4.69, 9.17) is 4.52 Å². The van der Waals surface area contributed by atoms with E-state index in [2.05, 4.69) is 38.0 Å². The third kappa shape index (κ3) is 3.02. The molecule has 5 nitrogen and oxygen atoms in total. The molecule has 6 heteroatoms. The van der Waals surface area contributed by atoms with E-state index in [-0.39, 0.29) is 0 Å². The number of aromatic nitrogens is 2. The molecule has 1 aliphatic rings. The second-order valence-corrected chi connectivity index (χ2v) is 5.60. The average molecular weight is 278 g/mol. The van der Waals surface area contributed by atoms with Gasteiger partial charge in [0.25, 0.3) is 0 Å². The molecule has 0 radical (unpaired) electrons. The van der Waals surface area contributed by atoms with Crippen LogP contribution in [0.25, 0.3) is 11.4 Å². The maximum atomic E-state index is 5.37. The molecule has 0 amide bonds. The van der Waals surface area contributed by atoms with Gasteiger partial charge in [-0.1, -0.05) is 5.16 Å². The number of thiophene rings is 1. The minimum absolute atomic E-state index is 0.710. The molecule has 1 saturated heterocycles. The fourth-order valence-electron chi connectivity index (χ4n) is 2.27. The summed E-state index contributed by atoms with van der Waals surface area (Å²) in [5.74, 6) is 1.42. The van der Waals surface area contributed by atoms with E-state index in [1.54, 1.807) is 11.3 Å². The lowest BCUT2D eigenvalue weighted by atomic mass is 10.2. The van der Waals surface area contributed by atoms with Gasteiger partial charge in [-0.3, -0.25) is 4.90 Å². The summed E-state index contributed by atoms with van der Waals surface area (Å²) >= 11 is 1.67. The van der Waals surface area contributed by atoms with Crippen LogP contribution in [-0.4, -0.2) is 41.2 Å². The molecular formula is C13H18N4OS. The van der Waals surface area contributed by atoms with E-state index in [1.165, 1.54) is 12.0 Å². The molecule has 1 aliphatic heterocycles. The molecule has 1 N–H and O–H groups in total. The van der Waals surface area contributed by atoms with Crippen LogP contribution in [0.3, 0.4) is 0 Å². The first kappa shape index (κ1) is 12.8. The lowest BCUT2D eigenvalue weighted by Crippen LogP contribution is -2.27. The standard InChI is InChI=1S/C13H18N4OS/c1-10-8-19-9-11(10)13-15-12(18-16-13)7-17-5-2-3-14-4-6-17/h8-9,14H,2-7H2,1H3. The summed E-state index contributed by atoms with van der Waals surface area (Å²) in [5, 5.41) is 11.7. The van der Waals surface area contributed by atoms with E-state index >= 15 is 0 Å². The molecule has 2 aromatic heterocycles. The van der Waals surface area contributed by atoms with Crippen molar-refractivity contribution in [2.75, 3.05) is 26.2 Å². The molecule has 3 rings (SSSR count). The largest absolute Gasteiger partial charge is 0.338 e. The Morgan fingerprint density at radius 2 is 2.32 bits per heavy atom.